The quantitative estimate of drug-likeness (QED) is 0.327. The molecule has 16 heavy (non-hydrogen) atoms. The van der Waals surface area contributed by atoms with Gasteiger partial charge < -0.3 is 10.2 Å². The van der Waals surface area contributed by atoms with E-state index in [1.165, 1.54) is 18.2 Å². The molecular formula is C11H14ClNO3. The Kier molecular flexibility index (Phi) is 4.15. The van der Waals surface area contributed by atoms with E-state index in [1.54, 1.807) is 0 Å². The highest BCUT2D eigenvalue weighted by molar-refractivity contribution is 6.33. The van der Waals surface area contributed by atoms with Crippen LogP contribution in [0.25, 0.3) is 0 Å². The topological polar surface area (TPSA) is 69.6 Å². The third-order valence-corrected chi connectivity index (χ3v) is 2.29. The monoisotopic (exact) mass is 243 g/mol. The Morgan fingerprint density at radius 1 is 1.31 bits per heavy atom. The number of phenolic OH excluding ortho intramolecular Hbond substituents is 2. The molecule has 0 radical (unpaired) electrons. The van der Waals surface area contributed by atoms with E-state index >= 15 is 0 Å². The predicted molar refractivity (Wildman–Crippen MR) is 62.0 cm³/mol. The van der Waals surface area contributed by atoms with Crippen LogP contribution < -0.4 is 5.32 Å². The summed E-state index contributed by atoms with van der Waals surface area (Å²) in [5, 5.41) is 21.2. The maximum atomic E-state index is 11.8. The van der Waals surface area contributed by atoms with Crippen LogP contribution in [0.1, 0.15) is 24.2 Å². The number of hydrogen-bond donors (Lipinski definition) is 3. The molecule has 0 heterocycles. The van der Waals surface area contributed by atoms with Gasteiger partial charge in [-0.2, -0.15) is 0 Å². The van der Waals surface area contributed by atoms with Crippen molar-refractivity contribution in [3.8, 4) is 11.5 Å². The largest absolute Gasteiger partial charge is 0.504 e. The van der Waals surface area contributed by atoms with Crippen molar-refractivity contribution in [2.45, 2.75) is 25.4 Å². The lowest BCUT2D eigenvalue weighted by Crippen LogP contribution is -2.36. The van der Waals surface area contributed by atoms with E-state index in [4.69, 9.17) is 16.7 Å². The molecule has 88 valence electrons. The van der Waals surface area contributed by atoms with Crippen LogP contribution in [0.15, 0.2) is 18.2 Å². The van der Waals surface area contributed by atoms with E-state index in [9.17, 15) is 9.90 Å². The second kappa shape index (κ2) is 5.18. The van der Waals surface area contributed by atoms with Crippen molar-refractivity contribution in [3.05, 3.63) is 23.8 Å². The molecule has 0 aliphatic rings. The number of rotatable bonds is 4. The average molecular weight is 244 g/mol. The first kappa shape index (κ1) is 12.8. The molecule has 0 saturated heterocycles. The average Bonchev–Trinajstić information content (AvgIpc) is 2.20. The Bertz CT molecular complexity index is 393. The lowest BCUT2D eigenvalue weighted by atomic mass is 10.1. The van der Waals surface area contributed by atoms with Gasteiger partial charge in [-0.15, -0.1) is 0 Å². The van der Waals surface area contributed by atoms with Crippen LogP contribution in [0.4, 0.5) is 0 Å². The van der Waals surface area contributed by atoms with Gasteiger partial charge in [0.15, 0.2) is 17.3 Å². The van der Waals surface area contributed by atoms with E-state index in [-0.39, 0.29) is 28.9 Å². The first-order valence-corrected chi connectivity index (χ1v) is 5.31. The van der Waals surface area contributed by atoms with Gasteiger partial charge in [-0.25, -0.2) is 0 Å². The predicted octanol–water partition coefficient (Wildman–Crippen LogP) is 1.84. The highest BCUT2D eigenvalue weighted by Gasteiger charge is 2.18. The summed E-state index contributed by atoms with van der Waals surface area (Å²) < 4.78 is 0. The molecule has 1 unspecified atom stereocenters. The molecule has 3 N–H and O–H groups in total. The molecule has 0 aliphatic heterocycles. The number of phenols is 2. The van der Waals surface area contributed by atoms with Crippen LogP contribution in [0.2, 0.25) is 0 Å². The molecule has 1 aromatic carbocycles. The van der Waals surface area contributed by atoms with E-state index in [1.807, 2.05) is 13.8 Å². The molecule has 5 heteroatoms. The molecule has 0 saturated carbocycles. The second-order valence-electron chi connectivity index (χ2n) is 3.75. The van der Waals surface area contributed by atoms with E-state index in [2.05, 4.69) is 5.32 Å². The summed E-state index contributed by atoms with van der Waals surface area (Å²) in [7, 11) is 0. The van der Waals surface area contributed by atoms with Gasteiger partial charge in [-0.1, -0.05) is 11.6 Å². The SMILES string of the molecule is CC(C)NC(Cl)C(=O)c1ccc(O)c(O)c1. The number of nitrogens with one attached hydrogen (secondary N) is 1. The Labute approximate surface area is 98.9 Å². The van der Waals surface area contributed by atoms with Crippen molar-refractivity contribution in [3.63, 3.8) is 0 Å². The zero-order valence-corrected chi connectivity index (χ0v) is 9.82. The van der Waals surface area contributed by atoms with Crippen LogP contribution >= 0.6 is 11.6 Å². The molecule has 4 nitrogen and oxygen atoms in total. The van der Waals surface area contributed by atoms with Crippen molar-refractivity contribution >= 4 is 17.4 Å². The summed E-state index contributed by atoms with van der Waals surface area (Å²) in [6, 6.07) is 3.93. The Balaban J connectivity index is 2.84. The van der Waals surface area contributed by atoms with Gasteiger partial charge in [0.25, 0.3) is 0 Å². The lowest BCUT2D eigenvalue weighted by Gasteiger charge is -2.13. The first-order chi connectivity index (χ1) is 7.41. The number of halogens is 1. The third-order valence-electron chi connectivity index (χ3n) is 1.97. The van der Waals surface area contributed by atoms with Crippen LogP contribution in [-0.2, 0) is 0 Å². The van der Waals surface area contributed by atoms with Crippen LogP contribution in [0.3, 0.4) is 0 Å². The molecule has 0 bridgehead atoms. The van der Waals surface area contributed by atoms with E-state index in [0.717, 1.165) is 0 Å². The minimum atomic E-state index is -0.844. The minimum absolute atomic E-state index is 0.0807. The van der Waals surface area contributed by atoms with Gasteiger partial charge in [0, 0.05) is 11.6 Å². The molecule has 1 aromatic rings. The number of benzene rings is 1. The number of hydrogen-bond acceptors (Lipinski definition) is 4. The van der Waals surface area contributed by atoms with Crippen LogP contribution in [0.5, 0.6) is 11.5 Å². The summed E-state index contributed by atoms with van der Waals surface area (Å²) in [6.45, 7) is 3.74. The Morgan fingerprint density at radius 3 is 2.44 bits per heavy atom. The van der Waals surface area contributed by atoms with Crippen molar-refractivity contribution < 1.29 is 15.0 Å². The minimum Gasteiger partial charge on any atom is -0.504 e. The molecular weight excluding hydrogens is 230 g/mol. The van der Waals surface area contributed by atoms with Crippen molar-refractivity contribution in [2.24, 2.45) is 0 Å². The summed E-state index contributed by atoms with van der Waals surface area (Å²) in [6.07, 6.45) is 0. The number of alkyl halides is 1. The number of aromatic hydroxyl groups is 2. The van der Waals surface area contributed by atoms with Crippen molar-refractivity contribution in [1.82, 2.24) is 5.32 Å². The zero-order chi connectivity index (χ0) is 12.3. The molecule has 0 aliphatic carbocycles. The Morgan fingerprint density at radius 2 is 1.94 bits per heavy atom. The molecule has 1 atom stereocenters. The van der Waals surface area contributed by atoms with Crippen molar-refractivity contribution in [1.29, 1.82) is 0 Å². The van der Waals surface area contributed by atoms with Gasteiger partial charge in [-0.05, 0) is 32.0 Å². The van der Waals surface area contributed by atoms with Crippen molar-refractivity contribution in [2.75, 3.05) is 0 Å². The smallest absolute Gasteiger partial charge is 0.195 e. The number of carbonyl (C=O) groups is 1. The Hall–Kier alpha value is -1.26. The van der Waals surface area contributed by atoms with Gasteiger partial charge in [0.1, 0.15) is 5.50 Å². The normalized spacial score (nSPS) is 12.8. The summed E-state index contributed by atoms with van der Waals surface area (Å²) in [5.74, 6) is -0.940. The molecule has 0 spiro atoms. The second-order valence-corrected chi connectivity index (χ2v) is 4.19. The number of ketones is 1. The van der Waals surface area contributed by atoms with E-state index < -0.39 is 5.50 Å². The first-order valence-electron chi connectivity index (χ1n) is 4.88. The van der Waals surface area contributed by atoms with Gasteiger partial charge in [-0.3, -0.25) is 10.1 Å². The standard InChI is InChI=1S/C11H14ClNO3/c1-6(2)13-11(12)10(16)7-3-4-8(14)9(15)5-7/h3-6,11,13-15H,1-2H3. The van der Waals surface area contributed by atoms with E-state index in [0.29, 0.717) is 0 Å². The van der Waals surface area contributed by atoms with Gasteiger partial charge >= 0.3 is 0 Å². The number of carbonyl (C=O) groups excluding carboxylic acids is 1. The van der Waals surface area contributed by atoms with Gasteiger partial charge in [0.05, 0.1) is 0 Å². The molecule has 0 aromatic heterocycles. The maximum Gasteiger partial charge on any atom is 0.195 e. The van der Waals surface area contributed by atoms with Gasteiger partial charge in [0.2, 0.25) is 0 Å². The van der Waals surface area contributed by atoms with Crippen LogP contribution in [0, 0.1) is 0 Å². The zero-order valence-electron chi connectivity index (χ0n) is 9.07. The lowest BCUT2D eigenvalue weighted by molar-refractivity contribution is 0.0972. The molecule has 1 rings (SSSR count). The maximum absolute atomic E-state index is 11.8. The van der Waals surface area contributed by atoms with Crippen LogP contribution in [-0.4, -0.2) is 27.5 Å². The highest BCUT2D eigenvalue weighted by atomic mass is 35.5. The number of Topliss-reactive ketones (excluding diaryl/α,β-unsaturated/α-hetero) is 1. The third kappa shape index (κ3) is 3.12. The summed E-state index contributed by atoms with van der Waals surface area (Å²) in [4.78, 5) is 11.8. The summed E-state index contributed by atoms with van der Waals surface area (Å²) in [5.41, 5.74) is -0.590. The fraction of sp³-hybridized carbons (Fsp3) is 0.364. The molecule has 0 amide bonds. The fourth-order valence-electron chi connectivity index (χ4n) is 1.19. The fourth-order valence-corrected chi connectivity index (χ4v) is 1.57. The molecule has 0 fully saturated rings. The summed E-state index contributed by atoms with van der Waals surface area (Å²) >= 11 is 5.85. The highest BCUT2D eigenvalue weighted by Crippen LogP contribution is 2.25.